The topological polar surface area (TPSA) is 155 Å². The summed E-state index contributed by atoms with van der Waals surface area (Å²) < 4.78 is 14.3. The van der Waals surface area contributed by atoms with E-state index in [-0.39, 0.29) is 49.3 Å². The van der Waals surface area contributed by atoms with Gasteiger partial charge in [0.2, 0.25) is 17.7 Å². The Hall–Kier alpha value is -5.86. The van der Waals surface area contributed by atoms with E-state index in [4.69, 9.17) is 14.5 Å². The first kappa shape index (κ1) is 46.7. The van der Waals surface area contributed by atoms with Gasteiger partial charge in [-0.25, -0.2) is 5.43 Å². The lowest BCUT2D eigenvalue weighted by Gasteiger charge is -2.37. The van der Waals surface area contributed by atoms with Gasteiger partial charge >= 0.3 is 5.97 Å². The zero-order chi connectivity index (χ0) is 47.1. The molecule has 3 saturated heterocycles. The number of aryl methyl sites for hydroxylation is 1. The van der Waals surface area contributed by atoms with Gasteiger partial charge in [-0.05, 0) is 104 Å². The quantitative estimate of drug-likeness (QED) is 0.143. The van der Waals surface area contributed by atoms with Gasteiger partial charge < -0.3 is 29.2 Å². The van der Waals surface area contributed by atoms with Crippen LogP contribution in [0.2, 0.25) is 0 Å². The number of hydrogen-bond donors (Lipinski definition) is 2. The molecule has 0 unspecified atom stereocenters. The summed E-state index contributed by atoms with van der Waals surface area (Å²) in [4.78, 5) is 78.3. The van der Waals surface area contributed by atoms with Crippen LogP contribution in [0.3, 0.4) is 0 Å². The lowest BCUT2D eigenvalue weighted by Crippen LogP contribution is -2.62. The van der Waals surface area contributed by atoms with Gasteiger partial charge in [0, 0.05) is 74.3 Å². The number of hydrazine groups is 1. The molecule has 4 aliphatic heterocycles. The van der Waals surface area contributed by atoms with E-state index in [9.17, 15) is 24.0 Å². The van der Waals surface area contributed by atoms with E-state index in [1.54, 1.807) is 23.1 Å². The van der Waals surface area contributed by atoms with Crippen LogP contribution >= 0.6 is 0 Å². The summed E-state index contributed by atoms with van der Waals surface area (Å²) in [5.74, 6) is -1.89. The molecule has 2 N–H and O–H groups in total. The number of carbonyl (C=O) groups excluding carboxylic acids is 5. The zero-order valence-corrected chi connectivity index (χ0v) is 39.5. The molecule has 350 valence electrons. The Balaban J connectivity index is 1.18. The maximum atomic E-state index is 14.8. The predicted molar refractivity (Wildman–Crippen MR) is 252 cm³/mol. The number of amides is 4. The van der Waals surface area contributed by atoms with E-state index in [2.05, 4.69) is 79.1 Å². The predicted octanol–water partition coefficient (Wildman–Crippen LogP) is 6.41. The van der Waals surface area contributed by atoms with Gasteiger partial charge in [-0.2, -0.15) is 0 Å². The molecule has 4 amide bonds. The summed E-state index contributed by atoms with van der Waals surface area (Å²) in [5, 5.41) is 5.64. The van der Waals surface area contributed by atoms with Crippen LogP contribution in [0.25, 0.3) is 33.3 Å². The highest BCUT2D eigenvalue weighted by Gasteiger charge is 2.54. The molecule has 2 aromatic heterocycles. The minimum absolute atomic E-state index is 0.140. The fraction of sp³-hybridized carbons (Fsp3) is 0.500. The van der Waals surface area contributed by atoms with Crippen LogP contribution in [0, 0.1) is 16.7 Å². The minimum Gasteiger partial charge on any atom is -0.464 e. The Morgan fingerprint density at radius 2 is 1.80 bits per heavy atom. The summed E-state index contributed by atoms with van der Waals surface area (Å²) >= 11 is 0. The van der Waals surface area contributed by atoms with E-state index in [0.29, 0.717) is 58.3 Å². The fourth-order valence-corrected chi connectivity index (χ4v) is 10.7. The number of benzene rings is 2. The molecule has 3 fully saturated rings. The maximum Gasteiger partial charge on any atom is 0.324 e. The first-order valence-electron chi connectivity index (χ1n) is 23.6. The Kier molecular flexibility index (Phi) is 13.3. The van der Waals surface area contributed by atoms with Crippen LogP contribution in [0.5, 0.6) is 0 Å². The van der Waals surface area contributed by atoms with Crippen LogP contribution in [-0.2, 0) is 52.8 Å². The van der Waals surface area contributed by atoms with E-state index < -0.39 is 40.8 Å². The number of pyridine rings is 1. The largest absolute Gasteiger partial charge is 0.464 e. The molecule has 6 heterocycles. The molecule has 0 aliphatic carbocycles. The average Bonchev–Trinajstić information content (AvgIpc) is 3.99. The van der Waals surface area contributed by atoms with Crippen molar-refractivity contribution in [3.05, 3.63) is 90.3 Å². The molecule has 14 heteroatoms. The highest BCUT2D eigenvalue weighted by Crippen LogP contribution is 2.44. The molecule has 5 atom stereocenters. The van der Waals surface area contributed by atoms with Crippen molar-refractivity contribution in [1.82, 2.24) is 35.1 Å². The third-order valence-corrected chi connectivity index (χ3v) is 14.3. The van der Waals surface area contributed by atoms with Crippen molar-refractivity contribution in [2.75, 3.05) is 39.9 Å². The second kappa shape index (κ2) is 18.8. The Morgan fingerprint density at radius 1 is 1.03 bits per heavy atom. The van der Waals surface area contributed by atoms with Gasteiger partial charge in [-0.1, -0.05) is 64.6 Å². The summed E-state index contributed by atoms with van der Waals surface area (Å²) in [6, 6.07) is 16.0. The molecule has 66 heavy (non-hydrogen) atoms. The van der Waals surface area contributed by atoms with E-state index in [1.807, 2.05) is 39.0 Å². The summed E-state index contributed by atoms with van der Waals surface area (Å²) in [6.07, 6.45) is 5.64. The smallest absolute Gasteiger partial charge is 0.324 e. The molecule has 8 rings (SSSR count). The lowest BCUT2D eigenvalue weighted by molar-refractivity contribution is -0.155. The maximum absolute atomic E-state index is 14.8. The highest BCUT2D eigenvalue weighted by atomic mass is 16.5. The van der Waals surface area contributed by atoms with E-state index in [0.717, 1.165) is 50.1 Å². The number of rotatable bonds is 9. The summed E-state index contributed by atoms with van der Waals surface area (Å²) in [6.45, 7) is 18.1. The summed E-state index contributed by atoms with van der Waals surface area (Å²) in [7, 11) is 1.69. The van der Waals surface area contributed by atoms with Crippen LogP contribution in [-0.4, -0.2) is 112 Å². The first-order valence-corrected chi connectivity index (χ1v) is 23.6. The van der Waals surface area contributed by atoms with Gasteiger partial charge in [0.15, 0.2) is 0 Å². The molecule has 4 aromatic rings. The number of likely N-dealkylation sites (tertiary alicyclic amines) is 2. The van der Waals surface area contributed by atoms with Crippen LogP contribution in [0.15, 0.2) is 73.4 Å². The molecule has 14 nitrogen and oxygen atoms in total. The lowest BCUT2D eigenvalue weighted by atomic mass is 9.84. The molecule has 1 spiro atoms. The number of fused-ring (bicyclic) bond motifs is 6. The Bertz CT molecular complexity index is 2550. The number of carbonyl (C=O) groups is 5. The molecule has 6 bridgehead atoms. The van der Waals surface area contributed by atoms with Crippen molar-refractivity contribution in [2.24, 2.45) is 16.7 Å². The average molecular weight is 900 g/mol. The minimum atomic E-state index is -1.04. The van der Waals surface area contributed by atoms with Gasteiger partial charge in [0.1, 0.15) is 18.1 Å². The highest BCUT2D eigenvalue weighted by molar-refractivity contribution is 5.97. The molecular formula is C52H65N7O7. The molecule has 0 saturated carbocycles. The third-order valence-electron chi connectivity index (χ3n) is 14.3. The number of aromatic nitrogens is 2. The monoisotopic (exact) mass is 899 g/mol. The standard InChI is InChI=1S/C52H65N7O7/c1-9-43(60)56-24-20-52(30-56)21-25-58(50(52)64)45(32(3)4)47(61)54-41-27-34-14-11-15-35(26-34)36-18-19-42-38(28-36)39(46(57(42)10-2)37-16-12-22-53-44(37)33(5)65-8)29-51(6,7)31-66-49(63)40-17-13-23-59(55-40)48(41)62/h9,11-12,14-16,18-19,22,26,28,32-33,40-41,45,55H,1,10,13,17,20-21,23-25,27,29-31H2,2-8H3,(H,54,61)/t33-,40-,41-,45-,52-/m0/s1. The van der Waals surface area contributed by atoms with Crippen molar-refractivity contribution in [1.29, 1.82) is 0 Å². The van der Waals surface area contributed by atoms with Gasteiger partial charge in [-0.3, -0.25) is 34.0 Å². The van der Waals surface area contributed by atoms with Gasteiger partial charge in [0.05, 0.1) is 29.5 Å². The molecule has 2 aromatic carbocycles. The number of cyclic esters (lactones) is 1. The molecule has 4 aliphatic rings. The van der Waals surface area contributed by atoms with Crippen molar-refractivity contribution in [3.63, 3.8) is 0 Å². The number of hydrogen-bond acceptors (Lipinski definition) is 9. The summed E-state index contributed by atoms with van der Waals surface area (Å²) in [5.41, 5.74) is 9.77. The Labute approximate surface area is 388 Å². The van der Waals surface area contributed by atoms with Crippen molar-refractivity contribution < 1.29 is 33.4 Å². The number of nitrogens with one attached hydrogen (secondary N) is 2. The third kappa shape index (κ3) is 8.89. The van der Waals surface area contributed by atoms with Crippen molar-refractivity contribution >= 4 is 40.5 Å². The van der Waals surface area contributed by atoms with E-state index >= 15 is 0 Å². The first-order chi connectivity index (χ1) is 31.6. The number of methoxy groups -OCH3 is 1. The number of nitrogens with zero attached hydrogens (tertiary/aromatic N) is 5. The van der Waals surface area contributed by atoms with Crippen LogP contribution in [0.4, 0.5) is 0 Å². The van der Waals surface area contributed by atoms with Crippen LogP contribution in [0.1, 0.15) is 90.2 Å². The number of esters is 1. The van der Waals surface area contributed by atoms with Gasteiger partial charge in [0.25, 0.3) is 5.91 Å². The van der Waals surface area contributed by atoms with Crippen molar-refractivity contribution in [3.8, 4) is 22.4 Å². The number of ether oxygens (including phenoxy) is 2. The second-order valence-corrected chi connectivity index (χ2v) is 19.8. The molecule has 0 radical (unpaired) electrons. The van der Waals surface area contributed by atoms with Gasteiger partial charge in [-0.15, -0.1) is 0 Å². The normalized spacial score (nSPS) is 23.3. The fourth-order valence-electron chi connectivity index (χ4n) is 10.7. The van der Waals surface area contributed by atoms with E-state index in [1.165, 1.54) is 11.1 Å². The second-order valence-electron chi connectivity index (χ2n) is 19.8. The molecular weight excluding hydrogens is 835 g/mol. The van der Waals surface area contributed by atoms with Crippen LogP contribution < -0.4 is 10.7 Å². The SMILES string of the molecule is C=CC(=O)N1CC[C@]2(CCN([C@H](C(=O)N[C@H]3Cc4cccc(c4)-c4ccc5c(c4)c(c(-c4cccnc4[C@H](C)OC)n5CC)CC(C)(C)COC(=O)[C@@H]4CCCN(N4)C3=O)C(C)C)C2=O)C1. The Morgan fingerprint density at radius 3 is 2.55 bits per heavy atom. The van der Waals surface area contributed by atoms with Crippen molar-refractivity contribution in [2.45, 2.75) is 111 Å². The zero-order valence-electron chi connectivity index (χ0n) is 39.5.